The SMILES string of the molecule is O=C(O)C1(c2cc([N+](=O)[O-])ccc2Cl)CC1(F)F. The van der Waals surface area contributed by atoms with Crippen LogP contribution < -0.4 is 0 Å². The van der Waals surface area contributed by atoms with Gasteiger partial charge in [-0.15, -0.1) is 0 Å². The van der Waals surface area contributed by atoms with Crippen molar-refractivity contribution in [3.63, 3.8) is 0 Å². The van der Waals surface area contributed by atoms with Crippen LogP contribution in [0.1, 0.15) is 12.0 Å². The molecule has 1 aromatic carbocycles. The van der Waals surface area contributed by atoms with Crippen molar-refractivity contribution in [3.05, 3.63) is 38.9 Å². The van der Waals surface area contributed by atoms with Gasteiger partial charge in [0.15, 0.2) is 5.41 Å². The summed E-state index contributed by atoms with van der Waals surface area (Å²) in [6.07, 6.45) is -0.907. The Morgan fingerprint density at radius 1 is 1.50 bits per heavy atom. The average molecular weight is 278 g/mol. The zero-order chi connectivity index (χ0) is 13.7. The standard InChI is InChI=1S/C10H6ClF2NO4/c11-7-2-1-5(14(17)18)3-6(7)9(8(15)16)4-10(9,12)13/h1-3H,4H2,(H,15,16). The van der Waals surface area contributed by atoms with Crippen LogP contribution >= 0.6 is 11.6 Å². The molecule has 2 rings (SSSR count). The molecule has 5 nitrogen and oxygen atoms in total. The summed E-state index contributed by atoms with van der Waals surface area (Å²) in [7, 11) is 0. The smallest absolute Gasteiger partial charge is 0.320 e. The van der Waals surface area contributed by atoms with E-state index in [0.29, 0.717) is 0 Å². The van der Waals surface area contributed by atoms with Crippen molar-refractivity contribution in [1.82, 2.24) is 0 Å². The van der Waals surface area contributed by atoms with Crippen LogP contribution in [0.2, 0.25) is 5.02 Å². The Hall–Kier alpha value is -1.76. The zero-order valence-corrected chi connectivity index (χ0v) is 9.45. The summed E-state index contributed by atoms with van der Waals surface area (Å²) in [5.74, 6) is -5.19. The summed E-state index contributed by atoms with van der Waals surface area (Å²) in [6, 6.07) is 2.87. The average Bonchev–Trinajstić information content (AvgIpc) is 2.83. The summed E-state index contributed by atoms with van der Waals surface area (Å²) >= 11 is 5.68. The van der Waals surface area contributed by atoms with Gasteiger partial charge in [0, 0.05) is 29.1 Å². The Morgan fingerprint density at radius 3 is 2.44 bits per heavy atom. The molecule has 1 saturated carbocycles. The highest BCUT2D eigenvalue weighted by molar-refractivity contribution is 6.32. The number of carboxylic acids is 1. The van der Waals surface area contributed by atoms with Crippen LogP contribution in [0.15, 0.2) is 18.2 Å². The van der Waals surface area contributed by atoms with E-state index in [4.69, 9.17) is 16.7 Å². The lowest BCUT2D eigenvalue weighted by Gasteiger charge is -2.13. The lowest BCUT2D eigenvalue weighted by Crippen LogP contribution is -2.27. The number of benzene rings is 1. The van der Waals surface area contributed by atoms with Crippen molar-refractivity contribution in [2.45, 2.75) is 17.8 Å². The predicted octanol–water partition coefficient (Wildman–Crippen LogP) is 2.61. The van der Waals surface area contributed by atoms with E-state index in [1.165, 1.54) is 0 Å². The van der Waals surface area contributed by atoms with Gasteiger partial charge in [0.05, 0.1) is 4.92 Å². The minimum absolute atomic E-state index is 0.222. The van der Waals surface area contributed by atoms with Crippen LogP contribution in [0.4, 0.5) is 14.5 Å². The summed E-state index contributed by atoms with van der Waals surface area (Å²) in [5, 5.41) is 19.3. The second-order valence-electron chi connectivity index (χ2n) is 4.01. The van der Waals surface area contributed by atoms with Crippen molar-refractivity contribution in [2.75, 3.05) is 0 Å². The molecule has 1 aromatic rings. The van der Waals surface area contributed by atoms with Crippen molar-refractivity contribution >= 4 is 23.3 Å². The molecule has 0 spiro atoms. The van der Waals surface area contributed by atoms with E-state index >= 15 is 0 Å². The normalized spacial score (nSPS) is 24.6. The van der Waals surface area contributed by atoms with Crippen molar-refractivity contribution in [2.24, 2.45) is 0 Å². The fraction of sp³-hybridized carbons (Fsp3) is 0.300. The number of halogens is 3. The molecule has 0 radical (unpaired) electrons. The van der Waals surface area contributed by atoms with Gasteiger partial charge in [-0.05, 0) is 6.07 Å². The number of nitro groups is 1. The molecule has 1 aliphatic carbocycles. The number of rotatable bonds is 3. The Labute approximate surface area is 104 Å². The Balaban J connectivity index is 2.61. The molecule has 96 valence electrons. The number of nitrogens with zero attached hydrogens (tertiary/aromatic N) is 1. The predicted molar refractivity (Wildman–Crippen MR) is 57.0 cm³/mol. The molecule has 0 aromatic heterocycles. The molecule has 18 heavy (non-hydrogen) atoms. The van der Waals surface area contributed by atoms with Gasteiger partial charge in [-0.2, -0.15) is 0 Å². The molecule has 1 atom stereocenters. The minimum Gasteiger partial charge on any atom is -0.480 e. The first-order chi connectivity index (χ1) is 8.22. The molecule has 8 heteroatoms. The van der Waals surface area contributed by atoms with Gasteiger partial charge in [0.2, 0.25) is 0 Å². The third kappa shape index (κ3) is 1.54. The van der Waals surface area contributed by atoms with Crippen LogP contribution in [0.5, 0.6) is 0 Å². The number of non-ortho nitro benzene ring substituents is 1. The molecule has 1 aliphatic rings. The number of carbonyl (C=O) groups is 1. The number of hydrogen-bond donors (Lipinski definition) is 1. The van der Waals surface area contributed by atoms with Crippen LogP contribution in [0.25, 0.3) is 0 Å². The van der Waals surface area contributed by atoms with Gasteiger partial charge in [-0.1, -0.05) is 11.6 Å². The summed E-state index contributed by atoms with van der Waals surface area (Å²) < 4.78 is 26.6. The maximum atomic E-state index is 13.3. The largest absolute Gasteiger partial charge is 0.480 e. The third-order valence-corrected chi connectivity index (χ3v) is 3.30. The second-order valence-corrected chi connectivity index (χ2v) is 4.42. The summed E-state index contributed by atoms with van der Waals surface area (Å²) in [4.78, 5) is 20.8. The molecule has 0 saturated heterocycles. The number of carboxylic acid groups (broad SMARTS) is 1. The van der Waals surface area contributed by atoms with E-state index in [0.717, 1.165) is 18.2 Å². The highest BCUT2D eigenvalue weighted by Gasteiger charge is 2.78. The lowest BCUT2D eigenvalue weighted by atomic mass is 9.95. The fourth-order valence-electron chi connectivity index (χ4n) is 1.88. The minimum atomic E-state index is -3.45. The first-order valence-corrected chi connectivity index (χ1v) is 5.16. The lowest BCUT2D eigenvalue weighted by molar-refractivity contribution is -0.384. The monoisotopic (exact) mass is 277 g/mol. The number of hydrogen-bond acceptors (Lipinski definition) is 3. The molecule has 1 fully saturated rings. The maximum Gasteiger partial charge on any atom is 0.320 e. The number of nitro benzene ring substituents is 1. The molecule has 0 bridgehead atoms. The van der Waals surface area contributed by atoms with Gasteiger partial charge >= 0.3 is 5.97 Å². The quantitative estimate of drug-likeness (QED) is 0.680. The first-order valence-electron chi connectivity index (χ1n) is 4.78. The molecular formula is C10H6ClF2NO4. The van der Waals surface area contributed by atoms with E-state index in [2.05, 4.69) is 0 Å². The van der Waals surface area contributed by atoms with Gasteiger partial charge in [0.1, 0.15) is 0 Å². The second kappa shape index (κ2) is 3.61. The van der Waals surface area contributed by atoms with Crippen LogP contribution in [0, 0.1) is 10.1 Å². The Morgan fingerprint density at radius 2 is 2.06 bits per heavy atom. The summed E-state index contributed by atoms with van der Waals surface area (Å²) in [5.41, 5.74) is -3.34. The fourth-order valence-corrected chi connectivity index (χ4v) is 2.16. The summed E-state index contributed by atoms with van der Waals surface area (Å²) in [6.45, 7) is 0. The van der Waals surface area contributed by atoms with Crippen LogP contribution in [-0.4, -0.2) is 21.9 Å². The molecule has 0 heterocycles. The van der Waals surface area contributed by atoms with Gasteiger partial charge in [-0.3, -0.25) is 14.9 Å². The third-order valence-electron chi connectivity index (χ3n) is 2.97. The highest BCUT2D eigenvalue weighted by Crippen LogP contribution is 2.63. The van der Waals surface area contributed by atoms with E-state index in [1.807, 2.05) is 0 Å². The first kappa shape index (κ1) is 12.7. The molecule has 0 aliphatic heterocycles. The number of aliphatic carboxylic acids is 1. The molecule has 1 N–H and O–H groups in total. The van der Waals surface area contributed by atoms with Crippen molar-refractivity contribution in [1.29, 1.82) is 0 Å². The van der Waals surface area contributed by atoms with Crippen molar-refractivity contribution < 1.29 is 23.6 Å². The topological polar surface area (TPSA) is 80.4 Å². The van der Waals surface area contributed by atoms with Crippen LogP contribution in [0.3, 0.4) is 0 Å². The van der Waals surface area contributed by atoms with E-state index < -0.39 is 39.9 Å². The van der Waals surface area contributed by atoms with Crippen LogP contribution in [-0.2, 0) is 10.2 Å². The molecule has 0 amide bonds. The molecule has 1 unspecified atom stereocenters. The molecular weight excluding hydrogens is 272 g/mol. The zero-order valence-electron chi connectivity index (χ0n) is 8.69. The van der Waals surface area contributed by atoms with Gasteiger partial charge in [-0.25, -0.2) is 8.78 Å². The maximum absolute atomic E-state index is 13.3. The Kier molecular flexibility index (Phi) is 2.55. The van der Waals surface area contributed by atoms with Crippen molar-refractivity contribution in [3.8, 4) is 0 Å². The van der Waals surface area contributed by atoms with E-state index in [-0.39, 0.29) is 5.02 Å². The number of alkyl halides is 2. The highest BCUT2D eigenvalue weighted by atomic mass is 35.5. The van der Waals surface area contributed by atoms with E-state index in [1.54, 1.807) is 0 Å². The van der Waals surface area contributed by atoms with Gasteiger partial charge < -0.3 is 5.11 Å². The van der Waals surface area contributed by atoms with E-state index in [9.17, 15) is 23.7 Å². The van der Waals surface area contributed by atoms with Gasteiger partial charge in [0.25, 0.3) is 11.6 Å². The Bertz CT molecular complexity index is 563.